The maximum absolute atomic E-state index is 13.6. The van der Waals surface area contributed by atoms with Crippen LogP contribution in [0.4, 0.5) is 8.78 Å². The van der Waals surface area contributed by atoms with Crippen molar-refractivity contribution in [3.05, 3.63) is 46.6 Å². The summed E-state index contributed by atoms with van der Waals surface area (Å²) in [5.74, 6) is -1.90. The zero-order valence-electron chi connectivity index (χ0n) is 13.1. The van der Waals surface area contributed by atoms with Gasteiger partial charge in [-0.3, -0.25) is 0 Å². The molecule has 1 heterocycles. The van der Waals surface area contributed by atoms with E-state index in [1.807, 2.05) is 0 Å². The normalized spacial score (nSPS) is 12.2. The Hall–Kier alpha value is -1.58. The van der Waals surface area contributed by atoms with Gasteiger partial charge in [-0.25, -0.2) is 26.9 Å². The Morgan fingerprint density at radius 3 is 2.42 bits per heavy atom. The number of aromatic nitrogens is 1. The minimum atomic E-state index is -3.77. The van der Waals surface area contributed by atoms with E-state index < -0.39 is 27.2 Å². The lowest BCUT2D eigenvalue weighted by atomic mass is 10.1. The predicted octanol–water partition coefficient (Wildman–Crippen LogP) is 3.99. The molecular weight excluding hydrogens is 406 g/mol. The summed E-state index contributed by atoms with van der Waals surface area (Å²) in [7, 11) is -3.77. The maximum atomic E-state index is 13.6. The molecule has 5 nitrogen and oxygen atoms in total. The van der Waals surface area contributed by atoms with Crippen molar-refractivity contribution in [2.24, 2.45) is 0 Å². The molecule has 2 aromatic rings. The molecule has 130 valence electrons. The average molecular weight is 421 g/mol. The lowest BCUT2D eigenvalue weighted by Gasteiger charge is -2.20. The van der Waals surface area contributed by atoms with E-state index in [4.69, 9.17) is 4.74 Å². The fourth-order valence-corrected chi connectivity index (χ4v) is 3.72. The first-order valence-electron chi connectivity index (χ1n) is 6.80. The Morgan fingerprint density at radius 1 is 1.21 bits per heavy atom. The minimum absolute atomic E-state index is 0.0461. The Morgan fingerprint density at radius 2 is 1.88 bits per heavy atom. The van der Waals surface area contributed by atoms with Crippen molar-refractivity contribution in [3.63, 3.8) is 0 Å². The predicted molar refractivity (Wildman–Crippen MR) is 88.4 cm³/mol. The summed E-state index contributed by atoms with van der Waals surface area (Å²) < 4.78 is 58.9. The van der Waals surface area contributed by atoms with Crippen LogP contribution in [0.15, 0.2) is 39.8 Å². The van der Waals surface area contributed by atoms with Gasteiger partial charge in [-0.1, -0.05) is 0 Å². The van der Waals surface area contributed by atoms with Crippen LogP contribution in [0.5, 0.6) is 11.6 Å². The van der Waals surface area contributed by atoms with E-state index in [0.717, 1.165) is 18.3 Å². The molecule has 0 atom stereocenters. The molecule has 0 aliphatic carbocycles. The lowest BCUT2D eigenvalue weighted by Crippen LogP contribution is -2.40. The molecule has 0 fully saturated rings. The first-order valence-corrected chi connectivity index (χ1v) is 9.08. The van der Waals surface area contributed by atoms with E-state index in [9.17, 15) is 17.2 Å². The second-order valence-corrected chi connectivity index (χ2v) is 8.53. The van der Waals surface area contributed by atoms with Crippen molar-refractivity contribution in [3.8, 4) is 11.6 Å². The summed E-state index contributed by atoms with van der Waals surface area (Å²) >= 11 is 3.14. The topological polar surface area (TPSA) is 68.3 Å². The van der Waals surface area contributed by atoms with Crippen LogP contribution in [0.2, 0.25) is 0 Å². The molecule has 0 unspecified atom stereocenters. The number of pyridine rings is 1. The van der Waals surface area contributed by atoms with Gasteiger partial charge in [-0.2, -0.15) is 0 Å². The molecule has 0 aliphatic rings. The van der Waals surface area contributed by atoms with E-state index in [1.54, 1.807) is 20.8 Å². The molecule has 24 heavy (non-hydrogen) atoms. The second-order valence-electron chi connectivity index (χ2n) is 5.99. The number of hydrogen-bond donors (Lipinski definition) is 1. The van der Waals surface area contributed by atoms with Gasteiger partial charge in [-0.05, 0) is 54.9 Å². The van der Waals surface area contributed by atoms with Crippen molar-refractivity contribution in [2.75, 3.05) is 0 Å². The Balaban J connectivity index is 2.30. The van der Waals surface area contributed by atoms with Crippen LogP contribution < -0.4 is 9.46 Å². The fraction of sp³-hybridized carbons (Fsp3) is 0.267. The Bertz CT molecular complexity index is 868. The van der Waals surface area contributed by atoms with E-state index in [0.29, 0.717) is 6.07 Å². The van der Waals surface area contributed by atoms with Crippen LogP contribution in [0.25, 0.3) is 0 Å². The Labute approximate surface area is 147 Å². The van der Waals surface area contributed by atoms with Crippen LogP contribution in [0.1, 0.15) is 20.8 Å². The highest BCUT2D eigenvalue weighted by Crippen LogP contribution is 2.31. The van der Waals surface area contributed by atoms with Crippen LogP contribution >= 0.6 is 15.9 Å². The van der Waals surface area contributed by atoms with Crippen LogP contribution in [-0.2, 0) is 10.0 Å². The first kappa shape index (κ1) is 18.8. The van der Waals surface area contributed by atoms with Crippen LogP contribution in [0.3, 0.4) is 0 Å². The van der Waals surface area contributed by atoms with Crippen molar-refractivity contribution >= 4 is 26.0 Å². The van der Waals surface area contributed by atoms with E-state index in [2.05, 4.69) is 25.6 Å². The van der Waals surface area contributed by atoms with Crippen molar-refractivity contribution < 1.29 is 21.9 Å². The third kappa shape index (κ3) is 4.71. The largest absolute Gasteiger partial charge is 0.435 e. The number of rotatable bonds is 4. The third-order valence-corrected chi connectivity index (χ3v) is 4.93. The van der Waals surface area contributed by atoms with Gasteiger partial charge in [0.1, 0.15) is 10.7 Å². The van der Waals surface area contributed by atoms with Gasteiger partial charge in [0.2, 0.25) is 15.9 Å². The summed E-state index contributed by atoms with van der Waals surface area (Å²) in [5.41, 5.74) is -0.655. The zero-order valence-corrected chi connectivity index (χ0v) is 15.5. The van der Waals surface area contributed by atoms with Gasteiger partial charge in [0.05, 0.1) is 10.7 Å². The monoisotopic (exact) mass is 420 g/mol. The second kappa shape index (κ2) is 6.73. The first-order chi connectivity index (χ1) is 11.0. The van der Waals surface area contributed by atoms with E-state index in [-0.39, 0.29) is 21.0 Å². The molecule has 0 spiro atoms. The summed E-state index contributed by atoms with van der Waals surface area (Å²) in [4.78, 5) is 3.81. The average Bonchev–Trinajstić information content (AvgIpc) is 2.41. The number of halogens is 3. The number of nitrogens with zero attached hydrogens (tertiary/aromatic N) is 1. The third-order valence-electron chi connectivity index (χ3n) is 2.63. The van der Waals surface area contributed by atoms with Gasteiger partial charge < -0.3 is 4.74 Å². The molecule has 1 aromatic carbocycles. The molecule has 1 aromatic heterocycles. The fourth-order valence-electron chi connectivity index (χ4n) is 1.75. The number of benzene rings is 1. The van der Waals surface area contributed by atoms with Crippen molar-refractivity contribution in [1.29, 1.82) is 0 Å². The van der Waals surface area contributed by atoms with E-state index in [1.165, 1.54) is 6.07 Å². The standard InChI is InChI=1S/C15H15BrF2N2O3S/c1-15(2,3)20-24(21,22)10-7-11(16)14(19-8-10)23-13-5-4-9(17)6-12(13)18/h4-8,20H,1-3H3. The molecule has 0 radical (unpaired) electrons. The number of ether oxygens (including phenoxy) is 1. The van der Waals surface area contributed by atoms with Gasteiger partial charge in [0.25, 0.3) is 0 Å². The lowest BCUT2D eigenvalue weighted by molar-refractivity contribution is 0.420. The van der Waals surface area contributed by atoms with Gasteiger partial charge in [0.15, 0.2) is 11.6 Å². The summed E-state index contributed by atoms with van der Waals surface area (Å²) in [6.45, 7) is 5.13. The quantitative estimate of drug-likeness (QED) is 0.811. The van der Waals surface area contributed by atoms with Crippen molar-refractivity contribution in [1.82, 2.24) is 9.71 Å². The van der Waals surface area contributed by atoms with Crippen LogP contribution in [0, 0.1) is 11.6 Å². The van der Waals surface area contributed by atoms with Gasteiger partial charge >= 0.3 is 0 Å². The highest BCUT2D eigenvalue weighted by Gasteiger charge is 2.23. The summed E-state index contributed by atoms with van der Waals surface area (Å²) in [5, 5.41) is 0. The van der Waals surface area contributed by atoms with Gasteiger partial charge in [0, 0.05) is 11.6 Å². The van der Waals surface area contributed by atoms with Crippen LogP contribution in [-0.4, -0.2) is 18.9 Å². The minimum Gasteiger partial charge on any atom is -0.435 e. The SMILES string of the molecule is CC(C)(C)NS(=O)(=O)c1cnc(Oc2ccc(F)cc2F)c(Br)c1. The maximum Gasteiger partial charge on any atom is 0.242 e. The highest BCUT2D eigenvalue weighted by molar-refractivity contribution is 9.10. The number of hydrogen-bond acceptors (Lipinski definition) is 4. The summed E-state index contributed by atoms with van der Waals surface area (Å²) in [6, 6.07) is 4.12. The molecule has 0 saturated heterocycles. The highest BCUT2D eigenvalue weighted by atomic mass is 79.9. The smallest absolute Gasteiger partial charge is 0.242 e. The molecule has 0 aliphatic heterocycles. The zero-order chi connectivity index (χ0) is 18.1. The number of sulfonamides is 1. The molecule has 0 saturated carbocycles. The molecule has 0 amide bonds. The molecule has 2 rings (SSSR count). The molecule has 0 bridgehead atoms. The Kier molecular flexibility index (Phi) is 5.26. The summed E-state index contributed by atoms with van der Waals surface area (Å²) in [6.07, 6.45) is 1.09. The molecule has 9 heteroatoms. The van der Waals surface area contributed by atoms with Gasteiger partial charge in [-0.15, -0.1) is 0 Å². The molecular formula is C15H15BrF2N2O3S. The van der Waals surface area contributed by atoms with Crippen molar-refractivity contribution in [2.45, 2.75) is 31.2 Å². The van der Waals surface area contributed by atoms with E-state index >= 15 is 0 Å². The molecule has 1 N–H and O–H groups in total. The number of nitrogens with one attached hydrogen (secondary N) is 1.